The van der Waals surface area contributed by atoms with Crippen molar-refractivity contribution < 1.29 is 4.79 Å². The second-order valence-electron chi connectivity index (χ2n) is 6.54. The van der Waals surface area contributed by atoms with Gasteiger partial charge in [0, 0.05) is 27.8 Å². The van der Waals surface area contributed by atoms with Crippen molar-refractivity contribution in [3.63, 3.8) is 0 Å². The van der Waals surface area contributed by atoms with Gasteiger partial charge < -0.3 is 5.32 Å². The van der Waals surface area contributed by atoms with Crippen molar-refractivity contribution in [2.24, 2.45) is 0 Å². The third kappa shape index (κ3) is 4.08. The van der Waals surface area contributed by atoms with Gasteiger partial charge in [-0.1, -0.05) is 35.9 Å². The highest BCUT2D eigenvalue weighted by molar-refractivity contribution is 7.09. The molecule has 5 nitrogen and oxygen atoms in total. The summed E-state index contributed by atoms with van der Waals surface area (Å²) in [6, 6.07) is 13.7. The van der Waals surface area contributed by atoms with Gasteiger partial charge in [0.05, 0.1) is 30.5 Å². The molecule has 7 heteroatoms. The number of nitrogens with one attached hydrogen (secondary N) is 1. The molecule has 1 amide bonds. The summed E-state index contributed by atoms with van der Waals surface area (Å²) in [5, 5.41) is 12.0. The number of hydrogen-bond donors (Lipinski definition) is 1. The van der Waals surface area contributed by atoms with Crippen LogP contribution in [0, 0.1) is 6.92 Å². The van der Waals surface area contributed by atoms with Crippen LogP contribution in [0.4, 0.5) is 0 Å². The van der Waals surface area contributed by atoms with Crippen LogP contribution in [0.3, 0.4) is 0 Å². The van der Waals surface area contributed by atoms with E-state index < -0.39 is 0 Å². The van der Waals surface area contributed by atoms with Gasteiger partial charge in [-0.25, -0.2) is 4.98 Å². The molecule has 0 saturated heterocycles. The summed E-state index contributed by atoms with van der Waals surface area (Å²) >= 11 is 7.46. The molecule has 0 saturated carbocycles. The van der Waals surface area contributed by atoms with Crippen molar-refractivity contribution in [3.8, 4) is 11.3 Å². The van der Waals surface area contributed by atoms with Gasteiger partial charge in [-0.2, -0.15) is 5.10 Å². The lowest BCUT2D eigenvalue weighted by molar-refractivity contribution is -0.121. The average Bonchev–Trinajstić information content (AvgIpc) is 3.33. The van der Waals surface area contributed by atoms with E-state index in [2.05, 4.69) is 28.4 Å². The zero-order chi connectivity index (χ0) is 19.5. The zero-order valence-electron chi connectivity index (χ0n) is 15.4. The lowest BCUT2D eigenvalue weighted by atomic mass is 10.1. The monoisotopic (exact) mass is 410 g/mol. The number of thiazole rings is 1. The molecular formula is C21H19ClN4OS. The number of rotatable bonds is 6. The first kappa shape index (κ1) is 18.7. The molecule has 0 unspecified atom stereocenters. The Hall–Kier alpha value is -2.70. The number of fused-ring (bicyclic) bond motifs is 1. The van der Waals surface area contributed by atoms with Gasteiger partial charge >= 0.3 is 0 Å². The molecule has 0 atom stereocenters. The van der Waals surface area contributed by atoms with Crippen LogP contribution in [0.1, 0.15) is 17.0 Å². The molecule has 142 valence electrons. The van der Waals surface area contributed by atoms with E-state index in [1.165, 1.54) is 16.9 Å². The molecular weight excluding hydrogens is 392 g/mol. The molecule has 0 bridgehead atoms. The minimum Gasteiger partial charge on any atom is -0.350 e. The number of aromatic nitrogens is 3. The van der Waals surface area contributed by atoms with E-state index in [0.717, 1.165) is 27.2 Å². The number of carbonyl (C=O) groups excluding carboxylic acids is 1. The molecule has 0 radical (unpaired) electrons. The van der Waals surface area contributed by atoms with E-state index >= 15 is 0 Å². The van der Waals surface area contributed by atoms with Gasteiger partial charge in [-0.3, -0.25) is 9.48 Å². The first-order valence-corrected chi connectivity index (χ1v) is 10.2. The Balaban J connectivity index is 1.32. The largest absolute Gasteiger partial charge is 0.350 e. The van der Waals surface area contributed by atoms with Crippen LogP contribution >= 0.6 is 22.9 Å². The first-order valence-electron chi connectivity index (χ1n) is 8.98. The fourth-order valence-corrected chi connectivity index (χ4v) is 3.91. The number of halogens is 1. The predicted molar refractivity (Wildman–Crippen MR) is 113 cm³/mol. The Labute approximate surface area is 172 Å². The van der Waals surface area contributed by atoms with E-state index in [-0.39, 0.29) is 5.91 Å². The molecule has 4 rings (SSSR count). The van der Waals surface area contributed by atoms with Crippen LogP contribution in [-0.4, -0.2) is 20.7 Å². The number of nitrogens with zero attached hydrogens (tertiary/aromatic N) is 3. The van der Waals surface area contributed by atoms with E-state index in [4.69, 9.17) is 11.6 Å². The molecule has 0 aliphatic heterocycles. The first-order chi connectivity index (χ1) is 13.6. The fourth-order valence-electron chi connectivity index (χ4n) is 3.04. The van der Waals surface area contributed by atoms with Gasteiger partial charge in [0.15, 0.2) is 0 Å². The molecule has 2 aromatic heterocycles. The maximum Gasteiger partial charge on any atom is 0.222 e. The van der Waals surface area contributed by atoms with Crippen LogP contribution in [0.5, 0.6) is 0 Å². The van der Waals surface area contributed by atoms with Crippen LogP contribution < -0.4 is 5.32 Å². The molecule has 0 aliphatic carbocycles. The number of benzene rings is 2. The third-order valence-corrected chi connectivity index (χ3v) is 5.69. The van der Waals surface area contributed by atoms with Gasteiger partial charge in [-0.15, -0.1) is 11.3 Å². The minimum absolute atomic E-state index is 0.0143. The van der Waals surface area contributed by atoms with Crippen LogP contribution in [0.15, 0.2) is 54.0 Å². The molecule has 4 aromatic rings. The smallest absolute Gasteiger partial charge is 0.222 e. The Morgan fingerprint density at radius 3 is 2.86 bits per heavy atom. The van der Waals surface area contributed by atoms with Crippen LogP contribution in [0.2, 0.25) is 5.02 Å². The predicted octanol–water partition coefficient (Wildman–Crippen LogP) is 4.83. The molecule has 2 heterocycles. The second kappa shape index (κ2) is 8.12. The van der Waals surface area contributed by atoms with Crippen molar-refractivity contribution in [2.75, 3.05) is 0 Å². The van der Waals surface area contributed by atoms with Crippen molar-refractivity contribution >= 4 is 39.7 Å². The van der Waals surface area contributed by atoms with E-state index in [1.807, 2.05) is 52.7 Å². The topological polar surface area (TPSA) is 59.8 Å². The second-order valence-corrected chi connectivity index (χ2v) is 7.91. The molecule has 2 aromatic carbocycles. The standard InChI is InChI=1S/C21H19ClN4OS/c1-14-3-2-4-19-17(14)11-24-26(19)10-9-20(27)23-12-21-25-18(13-28-21)15-5-7-16(22)8-6-15/h2-8,11,13H,9-10,12H2,1H3,(H,23,27). The van der Waals surface area contributed by atoms with Gasteiger partial charge in [0.2, 0.25) is 5.91 Å². The van der Waals surface area contributed by atoms with E-state index in [0.29, 0.717) is 24.5 Å². The summed E-state index contributed by atoms with van der Waals surface area (Å²) in [4.78, 5) is 16.8. The Morgan fingerprint density at radius 1 is 1.21 bits per heavy atom. The highest BCUT2D eigenvalue weighted by atomic mass is 35.5. The van der Waals surface area contributed by atoms with Crippen molar-refractivity contribution in [1.29, 1.82) is 0 Å². The molecule has 0 aliphatic rings. The maximum absolute atomic E-state index is 12.2. The van der Waals surface area contributed by atoms with Gasteiger partial charge in [-0.05, 0) is 30.7 Å². The molecule has 28 heavy (non-hydrogen) atoms. The molecule has 0 fully saturated rings. The summed E-state index contributed by atoms with van der Waals surface area (Å²) in [6.07, 6.45) is 2.23. The van der Waals surface area contributed by atoms with E-state index in [9.17, 15) is 4.79 Å². The van der Waals surface area contributed by atoms with Crippen molar-refractivity contribution in [3.05, 3.63) is 69.6 Å². The SMILES string of the molecule is Cc1cccc2c1cnn2CCC(=O)NCc1nc(-c2ccc(Cl)cc2)cs1. The molecule has 1 N–H and O–H groups in total. The maximum atomic E-state index is 12.2. The average molecular weight is 411 g/mol. The summed E-state index contributed by atoms with van der Waals surface area (Å²) in [7, 11) is 0. The van der Waals surface area contributed by atoms with E-state index in [1.54, 1.807) is 0 Å². The zero-order valence-corrected chi connectivity index (χ0v) is 16.9. The summed E-state index contributed by atoms with van der Waals surface area (Å²) in [6.45, 7) is 3.04. The minimum atomic E-state index is -0.0143. The normalized spacial score (nSPS) is 11.1. The Morgan fingerprint density at radius 2 is 2.04 bits per heavy atom. The number of amides is 1. The third-order valence-electron chi connectivity index (χ3n) is 4.58. The Bertz CT molecular complexity index is 1120. The fraction of sp³-hybridized carbons (Fsp3) is 0.190. The number of aryl methyl sites for hydroxylation is 2. The van der Waals surface area contributed by atoms with Crippen molar-refractivity contribution in [2.45, 2.75) is 26.4 Å². The van der Waals surface area contributed by atoms with Crippen LogP contribution in [0.25, 0.3) is 22.2 Å². The highest BCUT2D eigenvalue weighted by Gasteiger charge is 2.09. The quantitative estimate of drug-likeness (QED) is 0.495. The molecule has 0 spiro atoms. The summed E-state index contributed by atoms with van der Waals surface area (Å²) in [5.41, 5.74) is 4.15. The summed E-state index contributed by atoms with van der Waals surface area (Å²) < 4.78 is 1.88. The lowest BCUT2D eigenvalue weighted by Gasteiger charge is -2.05. The number of carbonyl (C=O) groups is 1. The van der Waals surface area contributed by atoms with Crippen LogP contribution in [-0.2, 0) is 17.9 Å². The van der Waals surface area contributed by atoms with Gasteiger partial charge in [0.25, 0.3) is 0 Å². The summed E-state index contributed by atoms with van der Waals surface area (Å²) in [5.74, 6) is -0.0143. The lowest BCUT2D eigenvalue weighted by Crippen LogP contribution is -2.24. The van der Waals surface area contributed by atoms with Crippen molar-refractivity contribution in [1.82, 2.24) is 20.1 Å². The number of hydrogen-bond acceptors (Lipinski definition) is 4. The van der Waals surface area contributed by atoms with Gasteiger partial charge in [0.1, 0.15) is 5.01 Å². The highest BCUT2D eigenvalue weighted by Crippen LogP contribution is 2.23. The Kier molecular flexibility index (Phi) is 5.41.